The minimum Gasteiger partial charge on any atom is -0.379 e. The molecule has 1 unspecified atom stereocenters. The Bertz CT molecular complexity index is 519. The van der Waals surface area contributed by atoms with E-state index in [4.69, 9.17) is 0 Å². The summed E-state index contributed by atoms with van der Waals surface area (Å²) in [5.74, 6) is -1.59. The van der Waals surface area contributed by atoms with Gasteiger partial charge in [-0.05, 0) is 28.9 Å². The van der Waals surface area contributed by atoms with Crippen LogP contribution in [0.25, 0.3) is 0 Å². The zero-order valence-electron chi connectivity index (χ0n) is 9.30. The van der Waals surface area contributed by atoms with Crippen LogP contribution in [0.1, 0.15) is 6.92 Å². The fraction of sp³-hybridized carbons (Fsp3) is 0.400. The van der Waals surface area contributed by atoms with Gasteiger partial charge in [0.15, 0.2) is 0 Å². The Labute approximate surface area is 107 Å². The molecule has 0 fully saturated rings. The summed E-state index contributed by atoms with van der Waals surface area (Å²) in [6.07, 6.45) is 1.10. The third-order valence-electron chi connectivity index (χ3n) is 1.96. The monoisotopic (exact) mass is 327 g/mol. The molecule has 0 aromatic heterocycles. The Morgan fingerprint density at radius 3 is 2.47 bits per heavy atom. The topological polar surface area (TPSA) is 46.2 Å². The summed E-state index contributed by atoms with van der Waals surface area (Å²) in [5, 5.41) is 2.68. The van der Waals surface area contributed by atoms with Gasteiger partial charge >= 0.3 is 0 Å². The molecular formula is C10H12BrF2NO2S. The van der Waals surface area contributed by atoms with Crippen molar-refractivity contribution in [1.82, 2.24) is 0 Å². The zero-order chi connectivity index (χ0) is 13.2. The smallest absolute Gasteiger partial charge is 0.149 e. The lowest BCUT2D eigenvalue weighted by Crippen LogP contribution is -2.25. The van der Waals surface area contributed by atoms with Crippen molar-refractivity contribution < 1.29 is 17.2 Å². The first-order chi connectivity index (χ1) is 7.69. The molecule has 0 saturated heterocycles. The molecule has 3 nitrogen and oxygen atoms in total. The highest BCUT2D eigenvalue weighted by Crippen LogP contribution is 2.24. The van der Waals surface area contributed by atoms with E-state index in [0.717, 1.165) is 12.3 Å². The van der Waals surface area contributed by atoms with Crippen LogP contribution in [0.2, 0.25) is 0 Å². The average Bonchev–Trinajstić information content (AvgIpc) is 2.11. The second kappa shape index (κ2) is 5.30. The van der Waals surface area contributed by atoms with Gasteiger partial charge in [-0.1, -0.05) is 0 Å². The van der Waals surface area contributed by atoms with Crippen LogP contribution in [0, 0.1) is 11.6 Å². The Morgan fingerprint density at radius 2 is 1.94 bits per heavy atom. The van der Waals surface area contributed by atoms with E-state index >= 15 is 0 Å². The van der Waals surface area contributed by atoms with E-state index in [0.29, 0.717) is 0 Å². The van der Waals surface area contributed by atoms with Crippen LogP contribution in [0.3, 0.4) is 0 Å². The van der Waals surface area contributed by atoms with Crippen molar-refractivity contribution in [3.05, 3.63) is 28.2 Å². The number of benzene rings is 1. The highest BCUT2D eigenvalue weighted by atomic mass is 79.9. The van der Waals surface area contributed by atoms with Crippen LogP contribution in [-0.2, 0) is 9.84 Å². The summed E-state index contributed by atoms with van der Waals surface area (Å²) >= 11 is 2.93. The number of hydrogen-bond donors (Lipinski definition) is 1. The number of nitrogens with one attached hydrogen (secondary N) is 1. The van der Waals surface area contributed by atoms with Crippen LogP contribution in [0.5, 0.6) is 0 Å². The second-order valence-electron chi connectivity index (χ2n) is 3.88. The number of rotatable bonds is 4. The summed E-state index contributed by atoms with van der Waals surface area (Å²) in [6, 6.07) is 1.51. The van der Waals surface area contributed by atoms with Crippen LogP contribution in [0.15, 0.2) is 16.6 Å². The van der Waals surface area contributed by atoms with E-state index in [1.807, 2.05) is 0 Å². The molecule has 0 amide bonds. The number of hydrogen-bond acceptors (Lipinski definition) is 3. The highest BCUT2D eigenvalue weighted by molar-refractivity contribution is 9.10. The molecule has 96 valence electrons. The first kappa shape index (κ1) is 14.4. The van der Waals surface area contributed by atoms with Gasteiger partial charge < -0.3 is 5.32 Å². The molecule has 1 atom stereocenters. The molecule has 0 aliphatic heterocycles. The molecule has 0 radical (unpaired) electrons. The first-order valence-electron chi connectivity index (χ1n) is 4.78. The maximum absolute atomic E-state index is 13.4. The largest absolute Gasteiger partial charge is 0.379 e. The Morgan fingerprint density at radius 1 is 1.35 bits per heavy atom. The minimum atomic E-state index is -3.15. The van der Waals surface area contributed by atoms with E-state index in [2.05, 4.69) is 21.2 Å². The molecule has 1 rings (SSSR count). The number of halogens is 3. The summed E-state index contributed by atoms with van der Waals surface area (Å²) in [5.41, 5.74) is 0.0643. The summed E-state index contributed by atoms with van der Waals surface area (Å²) in [4.78, 5) is 0. The van der Waals surface area contributed by atoms with Gasteiger partial charge in [0.1, 0.15) is 21.5 Å². The Kier molecular flexibility index (Phi) is 4.48. The summed E-state index contributed by atoms with van der Waals surface area (Å²) < 4.78 is 48.5. The Balaban J connectivity index is 2.85. The average molecular weight is 328 g/mol. The lowest BCUT2D eigenvalue weighted by Gasteiger charge is -2.15. The van der Waals surface area contributed by atoms with Gasteiger partial charge in [-0.2, -0.15) is 0 Å². The molecule has 0 saturated carbocycles. The van der Waals surface area contributed by atoms with Gasteiger partial charge in [0.25, 0.3) is 0 Å². The van der Waals surface area contributed by atoms with Gasteiger partial charge in [-0.3, -0.25) is 0 Å². The number of anilines is 1. The molecule has 0 aliphatic rings. The van der Waals surface area contributed by atoms with E-state index < -0.39 is 27.5 Å². The lowest BCUT2D eigenvalue weighted by atomic mass is 10.2. The third kappa shape index (κ3) is 4.59. The van der Waals surface area contributed by atoms with Crippen molar-refractivity contribution in [3.63, 3.8) is 0 Å². The molecule has 0 aliphatic carbocycles. The predicted molar refractivity (Wildman–Crippen MR) is 66.9 cm³/mol. The quantitative estimate of drug-likeness (QED) is 0.864. The maximum atomic E-state index is 13.4. The van der Waals surface area contributed by atoms with Crippen molar-refractivity contribution >= 4 is 31.5 Å². The van der Waals surface area contributed by atoms with Crippen molar-refractivity contribution in [2.75, 3.05) is 17.3 Å². The molecule has 1 N–H and O–H groups in total. The summed E-state index contributed by atoms with van der Waals surface area (Å²) in [7, 11) is -3.15. The maximum Gasteiger partial charge on any atom is 0.149 e. The second-order valence-corrected chi connectivity index (χ2v) is 6.92. The highest BCUT2D eigenvalue weighted by Gasteiger charge is 2.14. The van der Waals surface area contributed by atoms with Crippen LogP contribution < -0.4 is 5.32 Å². The summed E-state index contributed by atoms with van der Waals surface area (Å²) in [6.45, 7) is 1.61. The van der Waals surface area contributed by atoms with Crippen LogP contribution in [-0.4, -0.2) is 26.5 Å². The Hall–Kier alpha value is -0.690. The molecular weight excluding hydrogens is 316 g/mol. The molecule has 7 heteroatoms. The van der Waals surface area contributed by atoms with Crippen molar-refractivity contribution in [3.8, 4) is 0 Å². The fourth-order valence-corrected chi connectivity index (χ4v) is 2.73. The SMILES string of the molecule is CC(CS(C)(=O)=O)Nc1cc(Br)c(F)cc1F. The van der Waals surface area contributed by atoms with Crippen molar-refractivity contribution in [2.24, 2.45) is 0 Å². The third-order valence-corrected chi connectivity index (χ3v) is 3.68. The first-order valence-corrected chi connectivity index (χ1v) is 7.63. The lowest BCUT2D eigenvalue weighted by molar-refractivity contribution is 0.578. The van der Waals surface area contributed by atoms with Gasteiger partial charge in [0.2, 0.25) is 0 Å². The molecule has 0 bridgehead atoms. The van der Waals surface area contributed by atoms with Crippen molar-refractivity contribution in [1.29, 1.82) is 0 Å². The molecule has 1 aromatic carbocycles. The van der Waals surface area contributed by atoms with Gasteiger partial charge in [0.05, 0.1) is 15.9 Å². The van der Waals surface area contributed by atoms with E-state index in [-0.39, 0.29) is 15.9 Å². The van der Waals surface area contributed by atoms with Gasteiger partial charge in [-0.15, -0.1) is 0 Å². The standard InChI is InChI=1S/C10H12BrF2NO2S/c1-6(5-17(2,15)16)14-10-3-7(11)8(12)4-9(10)13/h3-4,6,14H,5H2,1-2H3. The molecule has 1 aromatic rings. The van der Waals surface area contributed by atoms with Gasteiger partial charge in [-0.25, -0.2) is 17.2 Å². The van der Waals surface area contributed by atoms with Crippen LogP contribution in [0.4, 0.5) is 14.5 Å². The molecule has 17 heavy (non-hydrogen) atoms. The molecule has 0 spiro atoms. The van der Waals surface area contributed by atoms with E-state index in [1.54, 1.807) is 6.92 Å². The number of sulfone groups is 1. The van der Waals surface area contributed by atoms with E-state index in [1.165, 1.54) is 6.07 Å². The van der Waals surface area contributed by atoms with Crippen molar-refractivity contribution in [2.45, 2.75) is 13.0 Å². The van der Waals surface area contributed by atoms with Gasteiger partial charge in [0, 0.05) is 18.4 Å². The predicted octanol–water partition coefficient (Wildman–Crippen LogP) is 2.57. The molecule has 0 heterocycles. The fourth-order valence-electron chi connectivity index (χ4n) is 1.39. The minimum absolute atomic E-state index is 0.0643. The normalized spacial score (nSPS) is 13.5. The van der Waals surface area contributed by atoms with E-state index in [9.17, 15) is 17.2 Å². The van der Waals surface area contributed by atoms with Crippen LogP contribution >= 0.6 is 15.9 Å². The zero-order valence-corrected chi connectivity index (χ0v) is 11.7.